The fourth-order valence-corrected chi connectivity index (χ4v) is 1.54. The number of hydrogen-bond donors (Lipinski definition) is 2. The highest BCUT2D eigenvalue weighted by molar-refractivity contribution is 5.47. The van der Waals surface area contributed by atoms with E-state index in [9.17, 15) is 0 Å². The van der Waals surface area contributed by atoms with Crippen LogP contribution in [0.2, 0.25) is 0 Å². The van der Waals surface area contributed by atoms with E-state index in [2.05, 4.69) is 46.5 Å². The van der Waals surface area contributed by atoms with Crippen LogP contribution in [-0.2, 0) is 0 Å². The molecule has 0 fully saturated rings. The van der Waals surface area contributed by atoms with Crippen molar-refractivity contribution < 1.29 is 0 Å². The Balaban J connectivity index is 2.46. The van der Waals surface area contributed by atoms with E-state index in [4.69, 9.17) is 0 Å². The Morgan fingerprint density at radius 3 is 2.41 bits per heavy atom. The molecular weight excluding hydrogens is 214 g/mol. The molecule has 0 aliphatic rings. The number of hydrogen-bond acceptors (Lipinski definition) is 5. The molecule has 0 bridgehead atoms. The van der Waals surface area contributed by atoms with E-state index in [0.717, 1.165) is 43.5 Å². The van der Waals surface area contributed by atoms with Crippen molar-refractivity contribution in [2.24, 2.45) is 0 Å². The Morgan fingerprint density at radius 2 is 1.82 bits per heavy atom. The lowest BCUT2D eigenvalue weighted by molar-refractivity contribution is 0.405. The topological polar surface area (TPSA) is 53.1 Å². The summed E-state index contributed by atoms with van der Waals surface area (Å²) in [5.41, 5.74) is 0. The Labute approximate surface area is 104 Å². The van der Waals surface area contributed by atoms with E-state index in [0.29, 0.717) is 0 Å². The molecule has 1 aromatic rings. The molecule has 0 aromatic carbocycles. The number of nitrogens with one attached hydrogen (secondary N) is 2. The maximum absolute atomic E-state index is 4.36. The van der Waals surface area contributed by atoms with Crippen LogP contribution < -0.4 is 10.6 Å². The first-order chi connectivity index (χ1) is 8.11. The van der Waals surface area contributed by atoms with Crippen molar-refractivity contribution >= 4 is 11.6 Å². The third-order valence-corrected chi connectivity index (χ3v) is 2.28. The first kappa shape index (κ1) is 13.7. The summed E-state index contributed by atoms with van der Waals surface area (Å²) < 4.78 is 0. The van der Waals surface area contributed by atoms with Crippen molar-refractivity contribution in [1.29, 1.82) is 0 Å². The van der Waals surface area contributed by atoms with Crippen LogP contribution in [0.3, 0.4) is 0 Å². The molecule has 0 saturated heterocycles. The zero-order valence-corrected chi connectivity index (χ0v) is 11.2. The lowest BCUT2D eigenvalue weighted by atomic mass is 10.4. The van der Waals surface area contributed by atoms with Crippen LogP contribution in [0.25, 0.3) is 0 Å². The van der Waals surface area contributed by atoms with Crippen LogP contribution in [0.4, 0.5) is 11.6 Å². The molecule has 0 radical (unpaired) electrons. The van der Waals surface area contributed by atoms with Gasteiger partial charge in [0, 0.05) is 19.2 Å². The number of nitrogens with zero attached hydrogens (tertiary/aromatic N) is 3. The van der Waals surface area contributed by atoms with Gasteiger partial charge in [-0.1, -0.05) is 0 Å². The van der Waals surface area contributed by atoms with Gasteiger partial charge in [-0.3, -0.25) is 0 Å². The molecule has 5 nitrogen and oxygen atoms in total. The van der Waals surface area contributed by atoms with Gasteiger partial charge in [0.05, 0.1) is 0 Å². The molecular formula is C12H23N5. The Hall–Kier alpha value is -1.36. The second kappa shape index (κ2) is 7.06. The summed E-state index contributed by atoms with van der Waals surface area (Å²) in [7, 11) is 4.16. The Morgan fingerprint density at radius 1 is 1.18 bits per heavy atom. The lowest BCUT2D eigenvalue weighted by Crippen LogP contribution is -2.17. The molecule has 0 saturated carbocycles. The van der Waals surface area contributed by atoms with Crippen LogP contribution in [0.1, 0.15) is 19.2 Å². The molecule has 2 N–H and O–H groups in total. The zero-order valence-electron chi connectivity index (χ0n) is 11.2. The first-order valence-electron chi connectivity index (χ1n) is 6.10. The smallest absolute Gasteiger partial charge is 0.131 e. The second-order valence-corrected chi connectivity index (χ2v) is 4.30. The van der Waals surface area contributed by atoms with E-state index >= 15 is 0 Å². The van der Waals surface area contributed by atoms with Gasteiger partial charge in [-0.25, -0.2) is 9.97 Å². The van der Waals surface area contributed by atoms with Crippen molar-refractivity contribution in [2.45, 2.75) is 20.3 Å². The predicted octanol–water partition coefficient (Wildman–Crippen LogP) is 1.58. The van der Waals surface area contributed by atoms with Gasteiger partial charge in [0.15, 0.2) is 0 Å². The van der Waals surface area contributed by atoms with Crippen LogP contribution >= 0.6 is 0 Å². The standard InChI is InChI=1S/C12H23N5/c1-5-13-11-9-12(16-10(2)15-11)14-7-6-8-17(3)4/h9H,5-8H2,1-4H3,(H2,13,14,15,16). The number of rotatable bonds is 7. The average molecular weight is 237 g/mol. The fourth-order valence-electron chi connectivity index (χ4n) is 1.54. The molecule has 0 aliphatic heterocycles. The normalized spacial score (nSPS) is 10.6. The minimum Gasteiger partial charge on any atom is -0.370 e. The van der Waals surface area contributed by atoms with Gasteiger partial charge in [0.2, 0.25) is 0 Å². The van der Waals surface area contributed by atoms with Crippen LogP contribution in [0.5, 0.6) is 0 Å². The van der Waals surface area contributed by atoms with Crippen LogP contribution in [-0.4, -0.2) is 48.6 Å². The fraction of sp³-hybridized carbons (Fsp3) is 0.667. The molecule has 96 valence electrons. The average Bonchev–Trinajstić information content (AvgIpc) is 2.24. The summed E-state index contributed by atoms with van der Waals surface area (Å²) in [6.07, 6.45) is 1.10. The van der Waals surface area contributed by atoms with Gasteiger partial charge in [0.25, 0.3) is 0 Å². The molecule has 0 unspecified atom stereocenters. The van der Waals surface area contributed by atoms with Crippen LogP contribution in [0, 0.1) is 6.92 Å². The zero-order chi connectivity index (χ0) is 12.7. The number of aromatic nitrogens is 2. The minimum absolute atomic E-state index is 0.790. The summed E-state index contributed by atoms with van der Waals surface area (Å²) in [6, 6.07) is 1.95. The second-order valence-electron chi connectivity index (χ2n) is 4.30. The maximum Gasteiger partial charge on any atom is 0.131 e. The van der Waals surface area contributed by atoms with Crippen LogP contribution in [0.15, 0.2) is 6.07 Å². The van der Waals surface area contributed by atoms with Gasteiger partial charge in [0.1, 0.15) is 17.5 Å². The van der Waals surface area contributed by atoms with Gasteiger partial charge in [-0.2, -0.15) is 0 Å². The maximum atomic E-state index is 4.36. The number of anilines is 2. The van der Waals surface area contributed by atoms with Gasteiger partial charge in [-0.05, 0) is 40.9 Å². The monoisotopic (exact) mass is 237 g/mol. The van der Waals surface area contributed by atoms with Gasteiger partial charge < -0.3 is 15.5 Å². The molecule has 0 spiro atoms. The van der Waals surface area contributed by atoms with Crippen molar-refractivity contribution in [3.63, 3.8) is 0 Å². The van der Waals surface area contributed by atoms with E-state index < -0.39 is 0 Å². The van der Waals surface area contributed by atoms with E-state index in [-0.39, 0.29) is 0 Å². The molecule has 1 rings (SSSR count). The van der Waals surface area contributed by atoms with Crippen molar-refractivity contribution in [1.82, 2.24) is 14.9 Å². The molecule has 1 heterocycles. The molecule has 0 aliphatic carbocycles. The Bertz CT molecular complexity index is 338. The predicted molar refractivity (Wildman–Crippen MR) is 72.6 cm³/mol. The SMILES string of the molecule is CCNc1cc(NCCCN(C)C)nc(C)n1. The molecule has 5 heteroatoms. The summed E-state index contributed by atoms with van der Waals surface area (Å²) in [6.45, 7) is 6.85. The molecule has 1 aromatic heterocycles. The van der Waals surface area contributed by atoms with Crippen molar-refractivity contribution in [3.05, 3.63) is 11.9 Å². The summed E-state index contributed by atoms with van der Waals surface area (Å²) in [5, 5.41) is 6.52. The Kier molecular flexibility index (Phi) is 5.69. The molecule has 0 atom stereocenters. The van der Waals surface area contributed by atoms with Crippen molar-refractivity contribution in [3.8, 4) is 0 Å². The van der Waals surface area contributed by atoms with Gasteiger partial charge in [-0.15, -0.1) is 0 Å². The third-order valence-electron chi connectivity index (χ3n) is 2.28. The summed E-state index contributed by atoms with van der Waals surface area (Å²) >= 11 is 0. The largest absolute Gasteiger partial charge is 0.370 e. The highest BCUT2D eigenvalue weighted by Gasteiger charge is 2.00. The summed E-state index contributed by atoms with van der Waals surface area (Å²) in [5.74, 6) is 2.57. The summed E-state index contributed by atoms with van der Waals surface area (Å²) in [4.78, 5) is 10.8. The van der Waals surface area contributed by atoms with Crippen molar-refractivity contribution in [2.75, 3.05) is 44.4 Å². The number of aryl methyl sites for hydroxylation is 1. The molecule has 17 heavy (non-hydrogen) atoms. The quantitative estimate of drug-likeness (QED) is 0.705. The van der Waals surface area contributed by atoms with E-state index in [1.165, 1.54) is 0 Å². The van der Waals surface area contributed by atoms with Gasteiger partial charge >= 0.3 is 0 Å². The third kappa shape index (κ3) is 5.49. The minimum atomic E-state index is 0.790. The van der Waals surface area contributed by atoms with E-state index in [1.54, 1.807) is 0 Å². The first-order valence-corrected chi connectivity index (χ1v) is 6.10. The highest BCUT2D eigenvalue weighted by atomic mass is 15.1. The lowest BCUT2D eigenvalue weighted by Gasteiger charge is -2.11. The molecule has 0 amide bonds. The van der Waals surface area contributed by atoms with E-state index in [1.807, 2.05) is 13.0 Å². The highest BCUT2D eigenvalue weighted by Crippen LogP contribution is 2.10.